The van der Waals surface area contributed by atoms with Gasteiger partial charge in [-0.3, -0.25) is 0 Å². The Morgan fingerprint density at radius 3 is 2.17 bits per heavy atom. The summed E-state index contributed by atoms with van der Waals surface area (Å²) in [6.45, 7) is 11.9. The molecule has 0 aliphatic heterocycles. The zero-order valence-corrected chi connectivity index (χ0v) is 9.35. The highest BCUT2D eigenvalue weighted by molar-refractivity contribution is 5.02. The van der Waals surface area contributed by atoms with Crippen molar-refractivity contribution in [2.45, 2.75) is 53.9 Å². The molecular weight excluding hydrogens is 144 g/mol. The summed E-state index contributed by atoms with van der Waals surface area (Å²) in [6.07, 6.45) is 4.24. The molecule has 1 fully saturated rings. The third-order valence-corrected chi connectivity index (χ3v) is 4.04. The molecule has 3 atom stereocenters. The van der Waals surface area contributed by atoms with Gasteiger partial charge in [0, 0.05) is 0 Å². The Morgan fingerprint density at radius 2 is 1.92 bits per heavy atom. The van der Waals surface area contributed by atoms with Crippen molar-refractivity contribution >= 4 is 0 Å². The minimum absolute atomic E-state index is 0.706. The fourth-order valence-corrected chi connectivity index (χ4v) is 3.24. The average Bonchev–Trinajstić information content (AvgIpc) is 2.63. The van der Waals surface area contributed by atoms with E-state index in [0.29, 0.717) is 5.41 Å². The highest BCUT2D eigenvalue weighted by Gasteiger charge is 2.53. The zero-order valence-electron chi connectivity index (χ0n) is 9.35. The molecule has 0 N–H and O–H groups in total. The predicted molar refractivity (Wildman–Crippen MR) is 55.1 cm³/mol. The second-order valence-corrected chi connectivity index (χ2v) is 5.07. The number of hydrogen-bond donors (Lipinski definition) is 0. The summed E-state index contributed by atoms with van der Waals surface area (Å²) in [5.74, 6) is 2.86. The lowest BCUT2D eigenvalue weighted by molar-refractivity contribution is 0.221. The number of hydrogen-bond acceptors (Lipinski definition) is 0. The molecule has 0 aromatic rings. The molecule has 0 aromatic carbocycles. The van der Waals surface area contributed by atoms with Gasteiger partial charge in [0.05, 0.1) is 0 Å². The quantitative estimate of drug-likeness (QED) is 0.592. The van der Waals surface area contributed by atoms with E-state index >= 15 is 0 Å². The normalized spacial score (nSPS) is 37.0. The lowest BCUT2D eigenvalue weighted by atomic mass is 9.78. The minimum atomic E-state index is 0.706. The summed E-state index contributed by atoms with van der Waals surface area (Å²) in [5.41, 5.74) is 0.706. The summed E-state index contributed by atoms with van der Waals surface area (Å²) in [7, 11) is 0. The molecule has 3 unspecified atom stereocenters. The molecule has 0 heterocycles. The minimum Gasteiger partial charge on any atom is -0.0651 e. The SMILES string of the molecule is CCC1CC1(C)C(CC)C(C)C. The largest absolute Gasteiger partial charge is 0.0651 e. The molecule has 0 amide bonds. The Morgan fingerprint density at radius 1 is 1.33 bits per heavy atom. The number of rotatable bonds is 4. The first kappa shape index (κ1) is 10.1. The molecule has 0 nitrogen and oxygen atoms in total. The second kappa shape index (κ2) is 3.40. The Balaban J connectivity index is 2.56. The van der Waals surface area contributed by atoms with Crippen LogP contribution in [0, 0.1) is 23.2 Å². The van der Waals surface area contributed by atoms with E-state index in [1.165, 1.54) is 19.3 Å². The molecule has 0 saturated heterocycles. The van der Waals surface area contributed by atoms with Crippen LogP contribution in [0.15, 0.2) is 0 Å². The van der Waals surface area contributed by atoms with Crippen LogP contribution in [0.2, 0.25) is 0 Å². The van der Waals surface area contributed by atoms with Gasteiger partial charge in [-0.15, -0.1) is 0 Å². The zero-order chi connectivity index (χ0) is 9.35. The second-order valence-electron chi connectivity index (χ2n) is 5.07. The molecule has 72 valence electrons. The highest BCUT2D eigenvalue weighted by atomic mass is 14.6. The molecule has 12 heavy (non-hydrogen) atoms. The average molecular weight is 168 g/mol. The Kier molecular flexibility index (Phi) is 2.85. The van der Waals surface area contributed by atoms with Gasteiger partial charge in [-0.25, -0.2) is 0 Å². The first-order chi connectivity index (χ1) is 5.56. The summed E-state index contributed by atoms with van der Waals surface area (Å²) in [5, 5.41) is 0. The first-order valence-corrected chi connectivity index (χ1v) is 5.56. The highest BCUT2D eigenvalue weighted by Crippen LogP contribution is 2.61. The van der Waals surface area contributed by atoms with Crippen molar-refractivity contribution in [3.05, 3.63) is 0 Å². The first-order valence-electron chi connectivity index (χ1n) is 5.56. The van der Waals surface area contributed by atoms with Crippen molar-refractivity contribution in [2.24, 2.45) is 23.2 Å². The van der Waals surface area contributed by atoms with E-state index < -0.39 is 0 Å². The summed E-state index contributed by atoms with van der Waals surface area (Å²) >= 11 is 0. The van der Waals surface area contributed by atoms with Gasteiger partial charge in [-0.1, -0.05) is 47.5 Å². The van der Waals surface area contributed by atoms with Crippen LogP contribution in [0.25, 0.3) is 0 Å². The van der Waals surface area contributed by atoms with Crippen LogP contribution in [0.1, 0.15) is 53.9 Å². The van der Waals surface area contributed by atoms with Crippen LogP contribution in [0.5, 0.6) is 0 Å². The van der Waals surface area contributed by atoms with Crippen LogP contribution in [0.3, 0.4) is 0 Å². The van der Waals surface area contributed by atoms with Crippen molar-refractivity contribution in [1.29, 1.82) is 0 Å². The molecule has 0 heteroatoms. The van der Waals surface area contributed by atoms with Crippen molar-refractivity contribution in [3.63, 3.8) is 0 Å². The molecular formula is C12H24. The van der Waals surface area contributed by atoms with Crippen molar-refractivity contribution < 1.29 is 0 Å². The van der Waals surface area contributed by atoms with Crippen LogP contribution < -0.4 is 0 Å². The van der Waals surface area contributed by atoms with E-state index in [1.807, 2.05) is 0 Å². The fraction of sp³-hybridized carbons (Fsp3) is 1.00. The topological polar surface area (TPSA) is 0 Å². The fourth-order valence-electron chi connectivity index (χ4n) is 3.24. The van der Waals surface area contributed by atoms with Crippen LogP contribution in [-0.4, -0.2) is 0 Å². The third-order valence-electron chi connectivity index (χ3n) is 4.04. The van der Waals surface area contributed by atoms with Gasteiger partial charge >= 0.3 is 0 Å². The molecule has 0 spiro atoms. The van der Waals surface area contributed by atoms with Crippen molar-refractivity contribution in [1.82, 2.24) is 0 Å². The lowest BCUT2D eigenvalue weighted by Gasteiger charge is -2.27. The third kappa shape index (κ3) is 1.53. The molecule has 0 bridgehead atoms. The molecule has 1 saturated carbocycles. The van der Waals surface area contributed by atoms with Gasteiger partial charge in [0.15, 0.2) is 0 Å². The van der Waals surface area contributed by atoms with Crippen molar-refractivity contribution in [2.75, 3.05) is 0 Å². The van der Waals surface area contributed by atoms with Gasteiger partial charge in [-0.05, 0) is 29.6 Å². The van der Waals surface area contributed by atoms with E-state index in [9.17, 15) is 0 Å². The maximum atomic E-state index is 2.50. The Hall–Kier alpha value is 0. The van der Waals surface area contributed by atoms with E-state index in [1.54, 1.807) is 0 Å². The van der Waals surface area contributed by atoms with Gasteiger partial charge < -0.3 is 0 Å². The summed E-state index contributed by atoms with van der Waals surface area (Å²) < 4.78 is 0. The molecule has 1 aliphatic carbocycles. The van der Waals surface area contributed by atoms with Gasteiger partial charge in [0.25, 0.3) is 0 Å². The Bertz CT molecular complexity index is 148. The van der Waals surface area contributed by atoms with Crippen LogP contribution in [-0.2, 0) is 0 Å². The predicted octanol–water partition coefficient (Wildman–Crippen LogP) is 4.10. The smallest absolute Gasteiger partial charge is 0.0264 e. The standard InChI is InChI=1S/C12H24/c1-6-10-8-12(10,5)11(7-2)9(3)4/h9-11H,6-8H2,1-5H3. The van der Waals surface area contributed by atoms with E-state index in [0.717, 1.165) is 17.8 Å². The van der Waals surface area contributed by atoms with E-state index in [4.69, 9.17) is 0 Å². The summed E-state index contributed by atoms with van der Waals surface area (Å²) in [6, 6.07) is 0. The van der Waals surface area contributed by atoms with Gasteiger partial charge in [0.1, 0.15) is 0 Å². The Labute approximate surface area is 77.7 Å². The van der Waals surface area contributed by atoms with E-state index in [-0.39, 0.29) is 0 Å². The van der Waals surface area contributed by atoms with Crippen LogP contribution >= 0.6 is 0 Å². The van der Waals surface area contributed by atoms with Gasteiger partial charge in [-0.2, -0.15) is 0 Å². The van der Waals surface area contributed by atoms with Crippen LogP contribution in [0.4, 0.5) is 0 Å². The maximum absolute atomic E-state index is 2.50. The molecule has 1 aliphatic rings. The molecule has 0 radical (unpaired) electrons. The van der Waals surface area contributed by atoms with Gasteiger partial charge in [0.2, 0.25) is 0 Å². The monoisotopic (exact) mass is 168 g/mol. The molecule has 1 rings (SSSR count). The van der Waals surface area contributed by atoms with E-state index in [2.05, 4.69) is 34.6 Å². The van der Waals surface area contributed by atoms with Crippen molar-refractivity contribution in [3.8, 4) is 0 Å². The maximum Gasteiger partial charge on any atom is -0.0264 e. The summed E-state index contributed by atoms with van der Waals surface area (Å²) in [4.78, 5) is 0. The lowest BCUT2D eigenvalue weighted by Crippen LogP contribution is -2.19. The molecule has 0 aromatic heterocycles.